The second-order valence-electron chi connectivity index (χ2n) is 5.57. The van der Waals surface area contributed by atoms with Crippen LogP contribution in [0.3, 0.4) is 0 Å². The van der Waals surface area contributed by atoms with Crippen molar-refractivity contribution in [2.45, 2.75) is 20.0 Å². The normalized spacial score (nSPS) is 11.1. The molecule has 0 aromatic heterocycles. The minimum Gasteiger partial charge on any atom is -0.493 e. The number of allylic oxidation sites excluding steroid dienone is 1. The fourth-order valence-corrected chi connectivity index (χ4v) is 2.50. The highest BCUT2D eigenvalue weighted by molar-refractivity contribution is 6.32. The average molecular weight is 356 g/mol. The van der Waals surface area contributed by atoms with Crippen LogP contribution in [0, 0.1) is 11.3 Å². The summed E-state index contributed by atoms with van der Waals surface area (Å²) in [5.41, 5.74) is 1.05. The topological polar surface area (TPSA) is 59.3 Å². The van der Waals surface area contributed by atoms with E-state index in [-0.39, 0.29) is 17.5 Å². The van der Waals surface area contributed by atoms with Gasteiger partial charge in [-0.2, -0.15) is 5.26 Å². The zero-order valence-corrected chi connectivity index (χ0v) is 15.0. The number of carbonyl (C=O) groups is 1. The summed E-state index contributed by atoms with van der Waals surface area (Å²) < 4.78 is 11.0. The number of hydrogen-bond donors (Lipinski definition) is 0. The first kappa shape index (κ1) is 18.6. The monoisotopic (exact) mass is 355 g/mol. The van der Waals surface area contributed by atoms with Crippen molar-refractivity contribution >= 4 is 23.5 Å². The first-order chi connectivity index (χ1) is 12.0. The molecule has 0 radical (unpaired) electrons. The third-order valence-electron chi connectivity index (χ3n) is 3.32. The number of hydrogen-bond acceptors (Lipinski definition) is 4. The van der Waals surface area contributed by atoms with Crippen molar-refractivity contribution in [2.24, 2.45) is 0 Å². The van der Waals surface area contributed by atoms with Gasteiger partial charge in [-0.3, -0.25) is 4.79 Å². The van der Waals surface area contributed by atoms with Gasteiger partial charge in [-0.1, -0.05) is 41.9 Å². The summed E-state index contributed by atoms with van der Waals surface area (Å²) in [6, 6.07) is 13.9. The van der Waals surface area contributed by atoms with Crippen LogP contribution in [0.2, 0.25) is 5.02 Å². The van der Waals surface area contributed by atoms with Crippen LogP contribution in [0.5, 0.6) is 11.5 Å². The number of benzene rings is 2. The quantitative estimate of drug-likeness (QED) is 0.419. The molecule has 0 bridgehead atoms. The highest BCUT2D eigenvalue weighted by Crippen LogP contribution is 2.37. The molecular weight excluding hydrogens is 338 g/mol. The number of methoxy groups -OCH3 is 1. The summed E-state index contributed by atoms with van der Waals surface area (Å²) in [5.74, 6) is 0.529. The lowest BCUT2D eigenvalue weighted by Gasteiger charge is -2.15. The average Bonchev–Trinajstić information content (AvgIpc) is 2.61. The predicted octanol–water partition coefficient (Wildman–Crippen LogP) is 4.93. The third-order valence-corrected chi connectivity index (χ3v) is 3.60. The molecule has 25 heavy (non-hydrogen) atoms. The summed E-state index contributed by atoms with van der Waals surface area (Å²) in [6.07, 6.45) is 1.42. The summed E-state index contributed by atoms with van der Waals surface area (Å²) in [5, 5.41) is 9.71. The minimum absolute atomic E-state index is 0.0156. The molecule has 0 aliphatic carbocycles. The Bertz CT molecular complexity index is 836. The maximum atomic E-state index is 12.5. The van der Waals surface area contributed by atoms with Gasteiger partial charge in [0.2, 0.25) is 5.78 Å². The predicted molar refractivity (Wildman–Crippen MR) is 98.1 cm³/mol. The standard InChI is InChI=1S/C20H18ClNO3/c1-13(2)25-20-17(21)10-14(11-18(20)24-3)9-16(12-22)19(23)15-7-5-4-6-8-15/h4-11,13H,1-3H3/b16-9+. The van der Waals surface area contributed by atoms with E-state index in [9.17, 15) is 10.1 Å². The number of halogens is 1. The number of ketones is 1. The molecule has 0 aliphatic rings. The van der Waals surface area contributed by atoms with Crippen molar-refractivity contribution in [1.82, 2.24) is 0 Å². The maximum absolute atomic E-state index is 12.5. The number of nitrogens with zero attached hydrogens (tertiary/aromatic N) is 1. The molecule has 2 rings (SSSR count). The molecule has 0 aliphatic heterocycles. The fourth-order valence-electron chi connectivity index (χ4n) is 2.23. The van der Waals surface area contributed by atoms with Gasteiger partial charge in [0.25, 0.3) is 0 Å². The van der Waals surface area contributed by atoms with E-state index < -0.39 is 0 Å². The van der Waals surface area contributed by atoms with Crippen LogP contribution in [0.15, 0.2) is 48.0 Å². The lowest BCUT2D eigenvalue weighted by atomic mass is 10.0. The summed E-state index contributed by atoms with van der Waals surface area (Å²) in [4.78, 5) is 12.5. The lowest BCUT2D eigenvalue weighted by molar-refractivity contribution is 0.104. The van der Waals surface area contributed by atoms with Gasteiger partial charge in [-0.05, 0) is 37.6 Å². The Labute approximate surface area is 152 Å². The number of ether oxygens (including phenoxy) is 2. The Morgan fingerprint density at radius 1 is 1.24 bits per heavy atom. The largest absolute Gasteiger partial charge is 0.493 e. The van der Waals surface area contributed by atoms with Gasteiger partial charge >= 0.3 is 0 Å². The highest BCUT2D eigenvalue weighted by atomic mass is 35.5. The van der Waals surface area contributed by atoms with Crippen LogP contribution >= 0.6 is 11.6 Å². The van der Waals surface area contributed by atoms with Crippen LogP contribution in [0.4, 0.5) is 0 Å². The third kappa shape index (κ3) is 4.62. The zero-order valence-electron chi connectivity index (χ0n) is 14.2. The van der Waals surface area contributed by atoms with Gasteiger partial charge in [0.1, 0.15) is 11.6 Å². The summed E-state index contributed by atoms with van der Waals surface area (Å²) in [7, 11) is 1.51. The molecular formula is C20H18ClNO3. The Balaban J connectivity index is 2.43. The second kappa shape index (κ2) is 8.36. The molecule has 0 saturated carbocycles. The van der Waals surface area contributed by atoms with E-state index in [0.717, 1.165) is 0 Å². The number of nitriles is 1. The van der Waals surface area contributed by atoms with Gasteiger partial charge < -0.3 is 9.47 Å². The van der Waals surface area contributed by atoms with Crippen LogP contribution in [0.1, 0.15) is 29.8 Å². The summed E-state index contributed by atoms with van der Waals surface area (Å²) in [6.45, 7) is 3.77. The van der Waals surface area contributed by atoms with E-state index in [4.69, 9.17) is 21.1 Å². The lowest BCUT2D eigenvalue weighted by Crippen LogP contribution is -2.07. The van der Waals surface area contributed by atoms with E-state index >= 15 is 0 Å². The van der Waals surface area contributed by atoms with Crippen molar-refractivity contribution < 1.29 is 14.3 Å². The van der Waals surface area contributed by atoms with Crippen LogP contribution in [0.25, 0.3) is 6.08 Å². The first-order valence-corrected chi connectivity index (χ1v) is 8.09. The maximum Gasteiger partial charge on any atom is 0.203 e. The van der Waals surface area contributed by atoms with Gasteiger partial charge in [0, 0.05) is 5.56 Å². The molecule has 5 heteroatoms. The van der Waals surface area contributed by atoms with Gasteiger partial charge in [0.05, 0.1) is 18.2 Å². The van der Waals surface area contributed by atoms with Crippen LogP contribution in [-0.4, -0.2) is 19.0 Å². The van der Waals surface area contributed by atoms with Gasteiger partial charge in [0.15, 0.2) is 11.5 Å². The molecule has 0 saturated heterocycles. The summed E-state index contributed by atoms with van der Waals surface area (Å²) >= 11 is 6.28. The zero-order chi connectivity index (χ0) is 18.4. The molecule has 0 N–H and O–H groups in total. The Hall–Kier alpha value is -2.77. The van der Waals surface area contributed by atoms with Crippen molar-refractivity contribution in [3.63, 3.8) is 0 Å². The van der Waals surface area contributed by atoms with E-state index in [1.807, 2.05) is 26.0 Å². The Morgan fingerprint density at radius 3 is 2.48 bits per heavy atom. The van der Waals surface area contributed by atoms with E-state index in [0.29, 0.717) is 27.6 Å². The van der Waals surface area contributed by atoms with Crippen LogP contribution in [-0.2, 0) is 0 Å². The molecule has 0 unspecified atom stereocenters. The van der Waals surface area contributed by atoms with Crippen molar-refractivity contribution in [3.8, 4) is 17.6 Å². The van der Waals surface area contributed by atoms with E-state index in [1.54, 1.807) is 36.4 Å². The second-order valence-corrected chi connectivity index (χ2v) is 5.97. The fraction of sp³-hybridized carbons (Fsp3) is 0.200. The smallest absolute Gasteiger partial charge is 0.203 e. The number of rotatable bonds is 6. The van der Waals surface area contributed by atoms with E-state index in [1.165, 1.54) is 13.2 Å². The van der Waals surface area contributed by atoms with Crippen molar-refractivity contribution in [3.05, 3.63) is 64.2 Å². The Morgan fingerprint density at radius 2 is 1.92 bits per heavy atom. The molecule has 0 spiro atoms. The number of carbonyl (C=O) groups excluding carboxylic acids is 1. The highest BCUT2D eigenvalue weighted by Gasteiger charge is 2.15. The minimum atomic E-state index is -0.347. The number of Topliss-reactive ketones (excluding diaryl/α,β-unsaturated/α-hetero) is 1. The molecule has 0 amide bonds. The molecule has 2 aromatic carbocycles. The molecule has 0 heterocycles. The molecule has 0 fully saturated rings. The van der Waals surface area contributed by atoms with Crippen molar-refractivity contribution in [2.75, 3.05) is 7.11 Å². The molecule has 128 valence electrons. The van der Waals surface area contributed by atoms with Gasteiger partial charge in [-0.15, -0.1) is 0 Å². The van der Waals surface area contributed by atoms with Crippen molar-refractivity contribution in [1.29, 1.82) is 5.26 Å². The van der Waals surface area contributed by atoms with Gasteiger partial charge in [-0.25, -0.2) is 0 Å². The molecule has 0 atom stereocenters. The van der Waals surface area contributed by atoms with Crippen LogP contribution < -0.4 is 9.47 Å². The molecule has 4 nitrogen and oxygen atoms in total. The Kier molecular flexibility index (Phi) is 6.21. The van der Waals surface area contributed by atoms with E-state index in [2.05, 4.69) is 0 Å². The molecule has 2 aromatic rings. The first-order valence-electron chi connectivity index (χ1n) is 7.72. The SMILES string of the molecule is COc1cc(/C=C(\C#N)C(=O)c2ccccc2)cc(Cl)c1OC(C)C.